The Balaban J connectivity index is 3.30. The maximum atomic E-state index is 13.8. The number of benzene rings is 1. The Labute approximate surface area is 123 Å². The van der Waals surface area contributed by atoms with Crippen molar-refractivity contribution in [1.29, 1.82) is 0 Å². The van der Waals surface area contributed by atoms with Crippen molar-refractivity contribution in [2.75, 3.05) is 6.61 Å². The smallest absolute Gasteiger partial charge is 0.273 e. The standard InChI is InChI=1S/C10H10ClFN2O6S/c1-5(10(13)15)4-20-9-7(12)2-6(14(16)17)3-8(9)21(11,18)19/h2-3,5H,4H2,1H3,(H2,13,15). The van der Waals surface area contributed by atoms with E-state index in [1.165, 1.54) is 6.92 Å². The molecular formula is C10H10ClFN2O6S. The summed E-state index contributed by atoms with van der Waals surface area (Å²) in [4.78, 5) is 19.6. The van der Waals surface area contributed by atoms with E-state index < -0.39 is 54.6 Å². The fraction of sp³-hybridized carbons (Fsp3) is 0.300. The molecule has 1 atom stereocenters. The van der Waals surface area contributed by atoms with E-state index in [2.05, 4.69) is 0 Å². The number of primary amides is 1. The molecule has 0 saturated carbocycles. The van der Waals surface area contributed by atoms with Gasteiger partial charge in [-0.25, -0.2) is 12.8 Å². The molecule has 0 radical (unpaired) electrons. The highest BCUT2D eigenvalue weighted by molar-refractivity contribution is 8.13. The third-order valence-electron chi connectivity index (χ3n) is 2.43. The van der Waals surface area contributed by atoms with Gasteiger partial charge in [0.2, 0.25) is 5.91 Å². The van der Waals surface area contributed by atoms with Crippen molar-refractivity contribution in [3.8, 4) is 5.75 Å². The van der Waals surface area contributed by atoms with Crippen LogP contribution in [0.1, 0.15) is 6.92 Å². The zero-order valence-corrected chi connectivity index (χ0v) is 12.1. The minimum Gasteiger partial charge on any atom is -0.488 e. The Morgan fingerprint density at radius 1 is 1.57 bits per heavy atom. The zero-order valence-electron chi connectivity index (χ0n) is 10.6. The van der Waals surface area contributed by atoms with Crippen LogP contribution in [0.25, 0.3) is 0 Å². The number of nitrogens with zero attached hydrogens (tertiary/aromatic N) is 1. The third-order valence-corrected chi connectivity index (χ3v) is 3.76. The van der Waals surface area contributed by atoms with E-state index in [0.717, 1.165) is 0 Å². The van der Waals surface area contributed by atoms with Crippen LogP contribution < -0.4 is 10.5 Å². The second kappa shape index (κ2) is 6.22. The summed E-state index contributed by atoms with van der Waals surface area (Å²) in [7, 11) is 0.608. The molecule has 0 aliphatic heterocycles. The lowest BCUT2D eigenvalue weighted by Gasteiger charge is -2.13. The molecule has 11 heteroatoms. The molecule has 0 heterocycles. The predicted molar refractivity (Wildman–Crippen MR) is 69.9 cm³/mol. The van der Waals surface area contributed by atoms with Gasteiger partial charge in [-0.05, 0) is 0 Å². The van der Waals surface area contributed by atoms with Crippen LogP contribution in [0.15, 0.2) is 17.0 Å². The number of carbonyl (C=O) groups is 1. The van der Waals surface area contributed by atoms with E-state index in [9.17, 15) is 27.7 Å². The Morgan fingerprint density at radius 3 is 2.57 bits per heavy atom. The van der Waals surface area contributed by atoms with E-state index >= 15 is 0 Å². The van der Waals surface area contributed by atoms with Crippen LogP contribution in [0.5, 0.6) is 5.75 Å². The second-order valence-corrected chi connectivity index (χ2v) is 6.60. The second-order valence-electron chi connectivity index (χ2n) is 4.06. The number of hydrogen-bond acceptors (Lipinski definition) is 6. The molecular weight excluding hydrogens is 331 g/mol. The fourth-order valence-corrected chi connectivity index (χ4v) is 2.25. The highest BCUT2D eigenvalue weighted by Gasteiger charge is 2.26. The molecule has 8 nitrogen and oxygen atoms in total. The van der Waals surface area contributed by atoms with Crippen molar-refractivity contribution >= 4 is 31.3 Å². The van der Waals surface area contributed by atoms with Crippen molar-refractivity contribution in [1.82, 2.24) is 0 Å². The molecule has 2 N–H and O–H groups in total. The fourth-order valence-electron chi connectivity index (χ4n) is 1.27. The minimum absolute atomic E-state index is 0.413. The van der Waals surface area contributed by atoms with Crippen molar-refractivity contribution in [2.24, 2.45) is 11.7 Å². The Hall–Kier alpha value is -1.94. The molecule has 1 aromatic carbocycles. The molecule has 1 rings (SSSR count). The summed E-state index contributed by atoms with van der Waals surface area (Å²) < 4.78 is 41.4. The van der Waals surface area contributed by atoms with E-state index in [1.54, 1.807) is 0 Å². The van der Waals surface area contributed by atoms with E-state index in [4.69, 9.17) is 21.2 Å². The van der Waals surface area contributed by atoms with E-state index in [0.29, 0.717) is 12.1 Å². The van der Waals surface area contributed by atoms with Gasteiger partial charge in [0, 0.05) is 16.7 Å². The lowest BCUT2D eigenvalue weighted by atomic mass is 10.2. The van der Waals surface area contributed by atoms with Gasteiger partial charge < -0.3 is 10.5 Å². The summed E-state index contributed by atoms with van der Waals surface area (Å²) in [5.74, 6) is -3.66. The summed E-state index contributed by atoms with van der Waals surface area (Å²) >= 11 is 0. The van der Waals surface area contributed by atoms with Crippen LogP contribution in [0.3, 0.4) is 0 Å². The predicted octanol–water partition coefficient (Wildman–Crippen LogP) is 1.16. The van der Waals surface area contributed by atoms with Gasteiger partial charge in [-0.1, -0.05) is 6.92 Å². The van der Waals surface area contributed by atoms with Crippen LogP contribution in [-0.2, 0) is 13.8 Å². The minimum atomic E-state index is -4.49. The number of ether oxygens (including phenoxy) is 1. The number of halogens is 2. The molecule has 0 saturated heterocycles. The molecule has 0 aromatic heterocycles. The van der Waals surface area contributed by atoms with Crippen molar-refractivity contribution in [3.63, 3.8) is 0 Å². The molecule has 0 aliphatic rings. The molecule has 116 valence electrons. The number of nitro benzene ring substituents is 1. The number of rotatable bonds is 6. The first kappa shape index (κ1) is 17.1. The number of hydrogen-bond donors (Lipinski definition) is 1. The van der Waals surface area contributed by atoms with Crippen LogP contribution in [0, 0.1) is 21.8 Å². The molecule has 0 bridgehead atoms. The van der Waals surface area contributed by atoms with Gasteiger partial charge in [0.15, 0.2) is 11.6 Å². The quantitative estimate of drug-likeness (QED) is 0.470. The number of non-ortho nitro benzene ring substituents is 1. The normalized spacial score (nSPS) is 12.7. The van der Waals surface area contributed by atoms with Gasteiger partial charge in [-0.3, -0.25) is 14.9 Å². The molecule has 21 heavy (non-hydrogen) atoms. The first-order valence-electron chi connectivity index (χ1n) is 5.38. The summed E-state index contributed by atoms with van der Waals surface area (Å²) in [5, 5.41) is 10.6. The van der Waals surface area contributed by atoms with Gasteiger partial charge in [0.05, 0.1) is 23.5 Å². The molecule has 1 amide bonds. The topological polar surface area (TPSA) is 130 Å². The van der Waals surface area contributed by atoms with E-state index in [-0.39, 0.29) is 0 Å². The van der Waals surface area contributed by atoms with Crippen LogP contribution in [-0.4, -0.2) is 25.9 Å². The Morgan fingerprint density at radius 2 is 2.14 bits per heavy atom. The molecule has 1 aromatic rings. The summed E-state index contributed by atoms with van der Waals surface area (Å²) in [6.07, 6.45) is 0. The number of nitrogens with two attached hydrogens (primary N) is 1. The summed E-state index contributed by atoms with van der Waals surface area (Å²) in [5.41, 5.74) is 4.18. The van der Waals surface area contributed by atoms with Gasteiger partial charge in [0.1, 0.15) is 4.90 Å². The number of carbonyl (C=O) groups excluding carboxylic acids is 1. The highest BCUT2D eigenvalue weighted by Crippen LogP contribution is 2.34. The highest BCUT2D eigenvalue weighted by atomic mass is 35.7. The SMILES string of the molecule is CC(COc1c(F)cc([N+](=O)[O-])cc1S(=O)(=O)Cl)C(N)=O. The lowest BCUT2D eigenvalue weighted by Crippen LogP contribution is -2.26. The summed E-state index contributed by atoms with van der Waals surface area (Å²) in [6, 6.07) is 1.05. The van der Waals surface area contributed by atoms with Crippen LogP contribution in [0.2, 0.25) is 0 Å². The summed E-state index contributed by atoms with van der Waals surface area (Å²) in [6.45, 7) is 0.962. The van der Waals surface area contributed by atoms with Crippen LogP contribution >= 0.6 is 10.7 Å². The average molecular weight is 341 g/mol. The van der Waals surface area contributed by atoms with Crippen molar-refractivity contribution in [2.45, 2.75) is 11.8 Å². The molecule has 0 fully saturated rings. The van der Waals surface area contributed by atoms with Gasteiger partial charge in [-0.15, -0.1) is 0 Å². The maximum absolute atomic E-state index is 13.8. The molecule has 0 aliphatic carbocycles. The monoisotopic (exact) mass is 340 g/mol. The Kier molecular flexibility index (Phi) is 5.07. The lowest BCUT2D eigenvalue weighted by molar-refractivity contribution is -0.385. The van der Waals surface area contributed by atoms with E-state index in [1.807, 2.05) is 0 Å². The first-order chi connectivity index (χ1) is 9.54. The average Bonchev–Trinajstić information content (AvgIpc) is 2.34. The maximum Gasteiger partial charge on any atom is 0.273 e. The first-order valence-corrected chi connectivity index (χ1v) is 7.69. The largest absolute Gasteiger partial charge is 0.488 e. The third kappa shape index (κ3) is 4.26. The molecule has 0 spiro atoms. The van der Waals surface area contributed by atoms with Crippen molar-refractivity contribution < 1.29 is 27.3 Å². The number of nitro groups is 1. The molecule has 1 unspecified atom stereocenters. The zero-order chi connectivity index (χ0) is 16.4. The Bertz CT molecular complexity index is 693. The van der Waals surface area contributed by atoms with Gasteiger partial charge >= 0.3 is 0 Å². The number of amides is 1. The van der Waals surface area contributed by atoms with Crippen molar-refractivity contribution in [3.05, 3.63) is 28.1 Å². The van der Waals surface area contributed by atoms with Crippen LogP contribution in [0.4, 0.5) is 10.1 Å². The van der Waals surface area contributed by atoms with Gasteiger partial charge in [-0.2, -0.15) is 0 Å². The van der Waals surface area contributed by atoms with Gasteiger partial charge in [0.25, 0.3) is 14.7 Å².